The zero-order chi connectivity index (χ0) is 11.0. The summed E-state index contributed by atoms with van der Waals surface area (Å²) in [6, 6.07) is 0. The van der Waals surface area contributed by atoms with Crippen LogP contribution in [0.4, 0.5) is 10.2 Å². The van der Waals surface area contributed by atoms with Crippen LogP contribution in [0.15, 0.2) is 5.38 Å². The van der Waals surface area contributed by atoms with Crippen LogP contribution in [0.2, 0.25) is 0 Å². The number of nitrogens with zero attached hydrogens (tertiary/aromatic N) is 2. The predicted molar refractivity (Wildman–Crippen MR) is 64.4 cm³/mol. The van der Waals surface area contributed by atoms with Gasteiger partial charge in [-0.1, -0.05) is 0 Å². The van der Waals surface area contributed by atoms with Gasteiger partial charge in [0.25, 0.3) is 0 Å². The molecule has 0 aliphatic heterocycles. The number of hydrogen-bond donors (Lipinski definition) is 1. The fourth-order valence-electron chi connectivity index (χ4n) is 1.11. The number of fused-ring (bicyclic) bond motifs is 1. The van der Waals surface area contributed by atoms with Crippen molar-refractivity contribution in [2.45, 2.75) is 6.92 Å². The van der Waals surface area contributed by atoms with Crippen LogP contribution in [0.1, 0.15) is 6.92 Å². The van der Waals surface area contributed by atoms with Gasteiger partial charge in [0, 0.05) is 12.3 Å². The Bertz CT molecular complexity index is 542. The lowest BCUT2D eigenvalue weighted by molar-refractivity contribution is -0.114. The van der Waals surface area contributed by atoms with Crippen LogP contribution >= 0.6 is 33.9 Å². The molecule has 0 aromatic carbocycles. The molecular formula is C8H5FIN3OS. The van der Waals surface area contributed by atoms with Gasteiger partial charge in [-0.05, 0) is 22.6 Å². The van der Waals surface area contributed by atoms with E-state index in [1.807, 2.05) is 5.38 Å². The summed E-state index contributed by atoms with van der Waals surface area (Å²) in [6.45, 7) is 1.35. The first-order valence-electron chi connectivity index (χ1n) is 3.96. The van der Waals surface area contributed by atoms with Crippen molar-refractivity contribution in [2.75, 3.05) is 5.32 Å². The molecule has 0 fully saturated rings. The van der Waals surface area contributed by atoms with E-state index in [-0.39, 0.29) is 11.7 Å². The first-order valence-corrected chi connectivity index (χ1v) is 5.91. The summed E-state index contributed by atoms with van der Waals surface area (Å²) in [5, 5.41) is 4.32. The molecule has 0 atom stereocenters. The molecule has 2 aromatic rings. The smallest absolute Gasteiger partial charge is 0.310 e. The van der Waals surface area contributed by atoms with Gasteiger partial charge in [0.05, 0.1) is 8.27 Å². The highest BCUT2D eigenvalue weighted by atomic mass is 127. The van der Waals surface area contributed by atoms with E-state index < -0.39 is 6.08 Å². The molecule has 2 heterocycles. The van der Waals surface area contributed by atoms with Gasteiger partial charge >= 0.3 is 6.08 Å². The minimum atomic E-state index is -0.831. The third-order valence-corrected chi connectivity index (χ3v) is 3.86. The second-order valence-electron chi connectivity index (χ2n) is 2.78. The average Bonchev–Trinajstić information content (AvgIpc) is 2.47. The molecule has 2 rings (SSSR count). The maximum atomic E-state index is 13.0. The Balaban J connectivity index is 2.66. The van der Waals surface area contributed by atoms with Crippen molar-refractivity contribution in [1.29, 1.82) is 0 Å². The van der Waals surface area contributed by atoms with E-state index in [2.05, 4.69) is 37.9 Å². The number of nitrogens with one attached hydrogen (secondary N) is 1. The van der Waals surface area contributed by atoms with Crippen LogP contribution in [0.25, 0.3) is 10.2 Å². The summed E-state index contributed by atoms with van der Waals surface area (Å²) in [7, 11) is 0. The number of thiophene rings is 1. The molecule has 2 aromatic heterocycles. The molecule has 0 saturated heterocycles. The number of anilines is 1. The summed E-state index contributed by atoms with van der Waals surface area (Å²) in [5.41, 5.74) is 0.539. The number of aromatic nitrogens is 2. The van der Waals surface area contributed by atoms with Crippen LogP contribution < -0.4 is 5.32 Å². The van der Waals surface area contributed by atoms with E-state index in [0.717, 1.165) is 3.57 Å². The van der Waals surface area contributed by atoms with Gasteiger partial charge in [-0.15, -0.1) is 11.3 Å². The Morgan fingerprint density at radius 1 is 1.60 bits per heavy atom. The third-order valence-electron chi connectivity index (χ3n) is 1.64. The summed E-state index contributed by atoms with van der Waals surface area (Å²) >= 11 is 3.44. The molecule has 1 amide bonds. The fourth-order valence-corrected chi connectivity index (χ4v) is 2.88. The average molecular weight is 337 g/mol. The maximum Gasteiger partial charge on any atom is 0.311 e. The zero-order valence-electron chi connectivity index (χ0n) is 7.54. The SMILES string of the molecule is CC(=O)Nc1nc(F)nc2c(I)csc12. The van der Waals surface area contributed by atoms with E-state index in [0.29, 0.717) is 10.2 Å². The quantitative estimate of drug-likeness (QED) is 0.642. The lowest BCUT2D eigenvalue weighted by Gasteiger charge is -2.01. The Kier molecular flexibility index (Phi) is 2.83. The molecule has 0 radical (unpaired) electrons. The Labute approximate surface area is 102 Å². The highest BCUT2D eigenvalue weighted by Gasteiger charge is 2.12. The molecule has 0 unspecified atom stereocenters. The van der Waals surface area contributed by atoms with Gasteiger partial charge < -0.3 is 5.32 Å². The van der Waals surface area contributed by atoms with Crippen LogP contribution in [-0.4, -0.2) is 15.9 Å². The minimum Gasteiger partial charge on any atom is -0.310 e. The van der Waals surface area contributed by atoms with Crippen molar-refractivity contribution in [3.8, 4) is 0 Å². The lowest BCUT2D eigenvalue weighted by atomic mass is 10.4. The van der Waals surface area contributed by atoms with Crippen molar-refractivity contribution in [3.05, 3.63) is 15.0 Å². The molecule has 78 valence electrons. The van der Waals surface area contributed by atoms with Crippen molar-refractivity contribution >= 4 is 55.9 Å². The molecule has 0 saturated carbocycles. The molecule has 0 aliphatic rings. The lowest BCUT2D eigenvalue weighted by Crippen LogP contribution is -2.09. The molecule has 0 bridgehead atoms. The van der Waals surface area contributed by atoms with Crippen molar-refractivity contribution in [3.63, 3.8) is 0 Å². The molecule has 4 nitrogen and oxygen atoms in total. The molecular weight excluding hydrogens is 332 g/mol. The molecule has 1 N–H and O–H groups in total. The van der Waals surface area contributed by atoms with E-state index in [1.165, 1.54) is 18.3 Å². The Morgan fingerprint density at radius 2 is 2.33 bits per heavy atom. The first-order chi connectivity index (χ1) is 7.08. The van der Waals surface area contributed by atoms with Crippen LogP contribution in [0.3, 0.4) is 0 Å². The van der Waals surface area contributed by atoms with Gasteiger partial charge in [0.15, 0.2) is 5.82 Å². The summed E-state index contributed by atoms with van der Waals surface area (Å²) in [4.78, 5) is 18.1. The fraction of sp³-hybridized carbons (Fsp3) is 0.125. The summed E-state index contributed by atoms with van der Waals surface area (Å²) in [6.07, 6.45) is -0.831. The number of hydrogen-bond acceptors (Lipinski definition) is 4. The van der Waals surface area contributed by atoms with Crippen LogP contribution in [0.5, 0.6) is 0 Å². The zero-order valence-corrected chi connectivity index (χ0v) is 10.5. The van der Waals surface area contributed by atoms with Crippen molar-refractivity contribution in [2.24, 2.45) is 0 Å². The van der Waals surface area contributed by atoms with Crippen molar-refractivity contribution < 1.29 is 9.18 Å². The highest BCUT2D eigenvalue weighted by Crippen LogP contribution is 2.30. The number of carbonyl (C=O) groups excluding carboxylic acids is 1. The largest absolute Gasteiger partial charge is 0.311 e. The van der Waals surface area contributed by atoms with E-state index in [9.17, 15) is 9.18 Å². The number of amides is 1. The number of rotatable bonds is 1. The van der Waals surface area contributed by atoms with Gasteiger partial charge in [0.2, 0.25) is 5.91 Å². The normalized spacial score (nSPS) is 10.6. The van der Waals surface area contributed by atoms with Crippen LogP contribution in [-0.2, 0) is 4.79 Å². The van der Waals surface area contributed by atoms with E-state index in [4.69, 9.17) is 0 Å². The summed E-state index contributed by atoms with van der Waals surface area (Å²) in [5.74, 6) is -0.0456. The van der Waals surface area contributed by atoms with Crippen molar-refractivity contribution in [1.82, 2.24) is 9.97 Å². The van der Waals surface area contributed by atoms with Gasteiger partial charge in [-0.3, -0.25) is 4.79 Å². The molecule has 15 heavy (non-hydrogen) atoms. The van der Waals surface area contributed by atoms with E-state index >= 15 is 0 Å². The molecule has 7 heteroatoms. The monoisotopic (exact) mass is 337 g/mol. The molecule has 0 spiro atoms. The standard InChI is InChI=1S/C8H5FIN3OS/c1-3(14)11-7-6-5(4(10)2-15-6)12-8(9)13-7/h2H,1H3,(H,11,12,13,14). The topological polar surface area (TPSA) is 54.9 Å². The van der Waals surface area contributed by atoms with E-state index in [1.54, 1.807) is 0 Å². The highest BCUT2D eigenvalue weighted by molar-refractivity contribution is 14.1. The predicted octanol–water partition coefficient (Wildman–Crippen LogP) is 2.39. The second-order valence-corrected chi connectivity index (χ2v) is 4.83. The van der Waals surface area contributed by atoms with Gasteiger partial charge in [-0.2, -0.15) is 14.4 Å². The summed E-state index contributed by atoms with van der Waals surface area (Å²) < 4.78 is 14.6. The van der Waals surface area contributed by atoms with Crippen LogP contribution in [0, 0.1) is 9.65 Å². The maximum absolute atomic E-state index is 13.0. The number of carbonyl (C=O) groups is 1. The number of halogens is 2. The molecule has 0 aliphatic carbocycles. The minimum absolute atomic E-state index is 0.234. The first kappa shape index (κ1) is 10.7. The second kappa shape index (κ2) is 3.97. The van der Waals surface area contributed by atoms with Gasteiger partial charge in [-0.25, -0.2) is 0 Å². The third kappa shape index (κ3) is 2.07. The Morgan fingerprint density at radius 3 is 3.00 bits per heavy atom. The Hall–Kier alpha value is -0.830. The van der Waals surface area contributed by atoms with Gasteiger partial charge in [0.1, 0.15) is 5.52 Å².